The maximum atomic E-state index is 11.2. The largest absolute Gasteiger partial charge is 0.417 e. The maximum absolute atomic E-state index is 11.2. The Labute approximate surface area is 150 Å². The predicted octanol–water partition coefficient (Wildman–Crippen LogP) is 2.75. The molecule has 2 N–H and O–H groups in total. The van der Waals surface area contributed by atoms with Crippen LogP contribution in [-0.4, -0.2) is 30.3 Å². The molecule has 3 rings (SSSR count). The smallest absolute Gasteiger partial charge is 0.223 e. The Hall–Kier alpha value is -1.54. The van der Waals surface area contributed by atoms with Crippen LogP contribution in [0.1, 0.15) is 24.9 Å². The molecule has 0 saturated carbocycles. The van der Waals surface area contributed by atoms with Gasteiger partial charge >= 0.3 is 0 Å². The molecule has 0 fully saturated rings. The minimum Gasteiger partial charge on any atom is -0.417 e. The fraction of sp³-hybridized carbons (Fsp3) is 0.333. The lowest BCUT2D eigenvalue weighted by Crippen LogP contribution is -2.44. The van der Waals surface area contributed by atoms with Crippen LogP contribution in [0.5, 0.6) is 0 Å². The van der Waals surface area contributed by atoms with E-state index < -0.39 is 0 Å². The SMILES string of the molecule is COn1cc([C@@H]2CCN=C(NC(C)=O)N2)c2cc(Br)c(Br)cc21. The number of aliphatic imine (C=N–C) groups is 1. The van der Waals surface area contributed by atoms with E-state index in [0.29, 0.717) is 12.5 Å². The van der Waals surface area contributed by atoms with Crippen LogP contribution in [0.3, 0.4) is 0 Å². The average molecular weight is 444 g/mol. The summed E-state index contributed by atoms with van der Waals surface area (Å²) in [6, 6.07) is 4.13. The molecule has 1 aliphatic heterocycles. The Morgan fingerprint density at radius 3 is 2.87 bits per heavy atom. The number of hydrogen-bond donors (Lipinski definition) is 2. The molecular weight excluding hydrogens is 428 g/mol. The lowest BCUT2D eigenvalue weighted by molar-refractivity contribution is -0.117. The van der Waals surface area contributed by atoms with Crippen LogP contribution in [0.4, 0.5) is 0 Å². The van der Waals surface area contributed by atoms with Crippen LogP contribution in [0, 0.1) is 0 Å². The lowest BCUT2D eigenvalue weighted by atomic mass is 10.0. The Bertz CT molecular complexity index is 800. The molecule has 6 nitrogen and oxygen atoms in total. The summed E-state index contributed by atoms with van der Waals surface area (Å²) in [7, 11) is 1.64. The van der Waals surface area contributed by atoms with Crippen molar-refractivity contribution in [1.29, 1.82) is 0 Å². The van der Waals surface area contributed by atoms with Crippen molar-refractivity contribution in [3.63, 3.8) is 0 Å². The van der Waals surface area contributed by atoms with Gasteiger partial charge in [0, 0.05) is 33.4 Å². The van der Waals surface area contributed by atoms with Gasteiger partial charge in [0.1, 0.15) is 7.11 Å². The summed E-state index contributed by atoms with van der Waals surface area (Å²) in [4.78, 5) is 21.0. The second-order valence-corrected chi connectivity index (χ2v) is 6.98. The summed E-state index contributed by atoms with van der Waals surface area (Å²) in [6.45, 7) is 2.13. The normalized spacial score (nSPS) is 17.6. The van der Waals surface area contributed by atoms with Crippen molar-refractivity contribution in [2.75, 3.05) is 13.7 Å². The van der Waals surface area contributed by atoms with Gasteiger partial charge in [-0.15, -0.1) is 0 Å². The van der Waals surface area contributed by atoms with E-state index in [4.69, 9.17) is 4.84 Å². The fourth-order valence-electron chi connectivity index (χ4n) is 2.71. The molecule has 1 aliphatic rings. The van der Waals surface area contributed by atoms with Crippen molar-refractivity contribution in [1.82, 2.24) is 15.4 Å². The average Bonchev–Trinajstić information content (AvgIpc) is 2.85. The second kappa shape index (κ2) is 6.52. The van der Waals surface area contributed by atoms with E-state index in [-0.39, 0.29) is 11.9 Å². The number of benzene rings is 1. The van der Waals surface area contributed by atoms with E-state index in [9.17, 15) is 4.79 Å². The molecule has 0 radical (unpaired) electrons. The topological polar surface area (TPSA) is 67.6 Å². The first-order chi connectivity index (χ1) is 11.0. The summed E-state index contributed by atoms with van der Waals surface area (Å²) >= 11 is 7.08. The molecule has 23 heavy (non-hydrogen) atoms. The zero-order valence-electron chi connectivity index (χ0n) is 12.7. The monoisotopic (exact) mass is 442 g/mol. The Morgan fingerprint density at radius 1 is 1.43 bits per heavy atom. The van der Waals surface area contributed by atoms with E-state index in [0.717, 1.165) is 31.8 Å². The molecule has 0 saturated heterocycles. The number of hydrogen-bond acceptors (Lipinski definition) is 4. The van der Waals surface area contributed by atoms with Crippen LogP contribution in [0.15, 0.2) is 32.3 Å². The summed E-state index contributed by atoms with van der Waals surface area (Å²) in [5.41, 5.74) is 2.08. The van der Waals surface area contributed by atoms with Gasteiger partial charge in [0.2, 0.25) is 5.91 Å². The van der Waals surface area contributed by atoms with Crippen molar-refractivity contribution in [3.05, 3.63) is 32.8 Å². The third-order valence-corrected chi connectivity index (χ3v) is 5.55. The first-order valence-electron chi connectivity index (χ1n) is 7.12. The van der Waals surface area contributed by atoms with E-state index in [2.05, 4.69) is 53.6 Å². The highest BCUT2D eigenvalue weighted by Crippen LogP contribution is 2.34. The molecule has 1 aromatic heterocycles. The van der Waals surface area contributed by atoms with Gasteiger partial charge in [-0.3, -0.25) is 15.1 Å². The van der Waals surface area contributed by atoms with Crippen molar-refractivity contribution in [2.45, 2.75) is 19.4 Å². The van der Waals surface area contributed by atoms with Crippen LogP contribution in [0.25, 0.3) is 10.9 Å². The molecule has 1 amide bonds. The molecule has 0 bridgehead atoms. The number of amides is 1. The first kappa shape index (κ1) is 16.3. The first-order valence-corrected chi connectivity index (χ1v) is 8.71. The number of nitrogens with zero attached hydrogens (tertiary/aromatic N) is 2. The summed E-state index contributed by atoms with van der Waals surface area (Å²) < 4.78 is 3.68. The highest BCUT2D eigenvalue weighted by molar-refractivity contribution is 9.13. The van der Waals surface area contributed by atoms with E-state index in [1.807, 2.05) is 12.3 Å². The molecule has 2 aromatic rings. The standard InChI is InChI=1S/C15H16Br2N4O2/c1-8(22)19-15-18-4-3-13(20-15)10-7-21(23-2)14-6-12(17)11(16)5-9(10)14/h5-7,13H,3-4H2,1-2H3,(H2,18,19,20,22)/t13-/m0/s1. The van der Waals surface area contributed by atoms with Crippen molar-refractivity contribution < 1.29 is 9.63 Å². The minimum atomic E-state index is -0.136. The molecule has 0 spiro atoms. The highest BCUT2D eigenvalue weighted by Gasteiger charge is 2.23. The fourth-order valence-corrected chi connectivity index (χ4v) is 3.38. The Balaban J connectivity index is 2.01. The van der Waals surface area contributed by atoms with Crippen LogP contribution in [0.2, 0.25) is 0 Å². The lowest BCUT2D eigenvalue weighted by Gasteiger charge is -2.24. The molecule has 1 atom stereocenters. The molecule has 2 heterocycles. The van der Waals surface area contributed by atoms with Gasteiger partial charge in [0.05, 0.1) is 17.8 Å². The van der Waals surface area contributed by atoms with Crippen LogP contribution < -0.4 is 15.5 Å². The van der Waals surface area contributed by atoms with Gasteiger partial charge < -0.3 is 10.2 Å². The number of guanidine groups is 1. The van der Waals surface area contributed by atoms with E-state index in [1.165, 1.54) is 6.92 Å². The molecule has 8 heteroatoms. The zero-order chi connectivity index (χ0) is 16.6. The van der Waals surface area contributed by atoms with Gasteiger partial charge in [-0.05, 0) is 50.4 Å². The summed E-state index contributed by atoms with van der Waals surface area (Å²) in [5, 5.41) is 7.09. The molecule has 0 aliphatic carbocycles. The van der Waals surface area contributed by atoms with E-state index in [1.54, 1.807) is 11.8 Å². The third-order valence-electron chi connectivity index (χ3n) is 3.71. The Kier molecular flexibility index (Phi) is 4.63. The summed E-state index contributed by atoms with van der Waals surface area (Å²) in [6.07, 6.45) is 2.82. The number of aromatic nitrogens is 1. The third kappa shape index (κ3) is 3.23. The van der Waals surface area contributed by atoms with Gasteiger partial charge in [-0.1, -0.05) is 0 Å². The molecule has 122 valence electrons. The predicted molar refractivity (Wildman–Crippen MR) is 96.5 cm³/mol. The molecular formula is C15H16Br2N4O2. The number of fused-ring (bicyclic) bond motifs is 1. The minimum absolute atomic E-state index is 0.0568. The number of carbonyl (C=O) groups is 1. The van der Waals surface area contributed by atoms with Gasteiger partial charge in [-0.25, -0.2) is 0 Å². The van der Waals surface area contributed by atoms with E-state index >= 15 is 0 Å². The van der Waals surface area contributed by atoms with Gasteiger partial charge in [0.15, 0.2) is 5.96 Å². The van der Waals surface area contributed by atoms with Crippen molar-refractivity contribution in [3.8, 4) is 0 Å². The number of halogens is 2. The van der Waals surface area contributed by atoms with Crippen LogP contribution in [-0.2, 0) is 4.79 Å². The maximum Gasteiger partial charge on any atom is 0.223 e. The molecule has 1 aromatic carbocycles. The van der Waals surface area contributed by atoms with Gasteiger partial charge in [-0.2, -0.15) is 4.73 Å². The second-order valence-electron chi connectivity index (χ2n) is 5.27. The number of rotatable bonds is 2. The molecule has 0 unspecified atom stereocenters. The Morgan fingerprint density at radius 2 is 2.17 bits per heavy atom. The zero-order valence-corrected chi connectivity index (χ0v) is 15.9. The highest BCUT2D eigenvalue weighted by atomic mass is 79.9. The number of carbonyl (C=O) groups excluding carboxylic acids is 1. The number of nitrogens with one attached hydrogen (secondary N) is 2. The van der Waals surface area contributed by atoms with Crippen molar-refractivity contribution >= 4 is 54.6 Å². The van der Waals surface area contributed by atoms with Crippen molar-refractivity contribution in [2.24, 2.45) is 4.99 Å². The van der Waals surface area contributed by atoms with Gasteiger partial charge in [0.25, 0.3) is 0 Å². The quantitative estimate of drug-likeness (QED) is 0.749. The summed E-state index contributed by atoms with van der Waals surface area (Å²) in [5.74, 6) is 0.381. The van der Waals surface area contributed by atoms with Crippen LogP contribution >= 0.6 is 31.9 Å².